The van der Waals surface area contributed by atoms with Gasteiger partial charge in [-0.25, -0.2) is 0 Å². The molecule has 0 amide bonds. The monoisotopic (exact) mass is 202 g/mol. The van der Waals surface area contributed by atoms with Gasteiger partial charge in [-0.3, -0.25) is 9.78 Å². The van der Waals surface area contributed by atoms with Gasteiger partial charge in [0.1, 0.15) is 6.04 Å². The summed E-state index contributed by atoms with van der Waals surface area (Å²) in [6.07, 6.45) is 1.69. The average molecular weight is 202 g/mol. The second kappa shape index (κ2) is 3.67. The summed E-state index contributed by atoms with van der Waals surface area (Å²) in [5.41, 5.74) is 6.93. The lowest BCUT2D eigenvalue weighted by Gasteiger charge is -2.07. The lowest BCUT2D eigenvalue weighted by molar-refractivity contribution is -0.138. The van der Waals surface area contributed by atoms with Gasteiger partial charge < -0.3 is 10.8 Å². The van der Waals surface area contributed by atoms with Crippen molar-refractivity contribution in [2.45, 2.75) is 6.04 Å². The van der Waals surface area contributed by atoms with Gasteiger partial charge in [-0.1, -0.05) is 12.1 Å². The number of aromatic nitrogens is 1. The van der Waals surface area contributed by atoms with Gasteiger partial charge in [0.25, 0.3) is 0 Å². The minimum Gasteiger partial charge on any atom is -0.480 e. The molecule has 0 bridgehead atoms. The molecule has 2 rings (SSSR count). The number of hydrogen-bond donors (Lipinski definition) is 2. The molecule has 1 aromatic carbocycles. The number of carbonyl (C=O) groups is 1. The van der Waals surface area contributed by atoms with E-state index in [2.05, 4.69) is 4.98 Å². The first-order valence-electron chi connectivity index (χ1n) is 4.51. The van der Waals surface area contributed by atoms with Crippen molar-refractivity contribution in [3.8, 4) is 0 Å². The Labute approximate surface area is 86.4 Å². The molecular formula is C11H10N2O2. The molecular weight excluding hydrogens is 192 g/mol. The summed E-state index contributed by atoms with van der Waals surface area (Å²) in [4.78, 5) is 14.8. The molecule has 76 valence electrons. The summed E-state index contributed by atoms with van der Waals surface area (Å²) < 4.78 is 0. The van der Waals surface area contributed by atoms with E-state index >= 15 is 0 Å². The van der Waals surface area contributed by atoms with Crippen LogP contribution in [0.4, 0.5) is 0 Å². The highest BCUT2D eigenvalue weighted by Gasteiger charge is 2.13. The first kappa shape index (κ1) is 9.61. The number of fused-ring (bicyclic) bond motifs is 1. The van der Waals surface area contributed by atoms with Crippen LogP contribution in [-0.4, -0.2) is 16.1 Å². The molecule has 15 heavy (non-hydrogen) atoms. The Morgan fingerprint density at radius 3 is 2.93 bits per heavy atom. The molecule has 2 aromatic rings. The first-order chi connectivity index (χ1) is 7.18. The average Bonchev–Trinajstić information content (AvgIpc) is 2.27. The van der Waals surface area contributed by atoms with E-state index in [4.69, 9.17) is 10.8 Å². The van der Waals surface area contributed by atoms with Crippen LogP contribution in [-0.2, 0) is 4.79 Å². The Morgan fingerprint density at radius 2 is 2.20 bits per heavy atom. The number of carboxylic acids is 1. The van der Waals surface area contributed by atoms with Crippen LogP contribution in [0.3, 0.4) is 0 Å². The standard InChI is InChI=1S/C11H10N2O2/c12-10(11(14)15)8-3-4-9-7(6-8)2-1-5-13-9/h1-6,10H,12H2,(H,14,15). The van der Waals surface area contributed by atoms with Gasteiger partial charge in [0.2, 0.25) is 0 Å². The Balaban J connectivity index is 2.51. The van der Waals surface area contributed by atoms with E-state index in [1.54, 1.807) is 30.5 Å². The number of hydrogen-bond acceptors (Lipinski definition) is 3. The van der Waals surface area contributed by atoms with Crippen molar-refractivity contribution in [3.05, 3.63) is 42.1 Å². The summed E-state index contributed by atoms with van der Waals surface area (Å²) in [7, 11) is 0. The summed E-state index contributed by atoms with van der Waals surface area (Å²) in [6.45, 7) is 0. The van der Waals surface area contributed by atoms with E-state index in [1.807, 2.05) is 6.07 Å². The van der Waals surface area contributed by atoms with E-state index in [0.717, 1.165) is 10.9 Å². The predicted molar refractivity (Wildman–Crippen MR) is 56.3 cm³/mol. The van der Waals surface area contributed by atoms with Crippen LogP contribution >= 0.6 is 0 Å². The number of pyridine rings is 1. The summed E-state index contributed by atoms with van der Waals surface area (Å²) in [6, 6.07) is 7.91. The zero-order chi connectivity index (χ0) is 10.8. The minimum atomic E-state index is -1.03. The Morgan fingerprint density at radius 1 is 1.40 bits per heavy atom. The SMILES string of the molecule is NC(C(=O)O)c1ccc2ncccc2c1. The number of nitrogens with two attached hydrogens (primary N) is 1. The van der Waals surface area contributed by atoms with Crippen molar-refractivity contribution in [2.75, 3.05) is 0 Å². The topological polar surface area (TPSA) is 76.2 Å². The molecule has 0 aliphatic rings. The zero-order valence-electron chi connectivity index (χ0n) is 7.92. The maximum Gasteiger partial charge on any atom is 0.325 e. The van der Waals surface area contributed by atoms with Gasteiger partial charge >= 0.3 is 5.97 Å². The highest BCUT2D eigenvalue weighted by molar-refractivity contribution is 5.82. The lowest BCUT2D eigenvalue weighted by Crippen LogP contribution is -2.20. The number of nitrogens with zero attached hydrogens (tertiary/aromatic N) is 1. The molecule has 0 aliphatic carbocycles. The van der Waals surface area contributed by atoms with E-state index in [-0.39, 0.29) is 0 Å². The van der Waals surface area contributed by atoms with Crippen molar-refractivity contribution in [1.82, 2.24) is 4.98 Å². The van der Waals surface area contributed by atoms with Gasteiger partial charge in [0, 0.05) is 11.6 Å². The van der Waals surface area contributed by atoms with E-state index < -0.39 is 12.0 Å². The van der Waals surface area contributed by atoms with Crippen LogP contribution in [0.1, 0.15) is 11.6 Å². The fourth-order valence-electron chi connectivity index (χ4n) is 1.43. The quantitative estimate of drug-likeness (QED) is 0.770. The second-order valence-electron chi connectivity index (χ2n) is 3.27. The highest BCUT2D eigenvalue weighted by Crippen LogP contribution is 2.17. The van der Waals surface area contributed by atoms with Crippen molar-refractivity contribution in [1.29, 1.82) is 0 Å². The molecule has 0 saturated carbocycles. The van der Waals surface area contributed by atoms with Gasteiger partial charge in [-0.05, 0) is 23.8 Å². The number of aliphatic carboxylic acids is 1. The van der Waals surface area contributed by atoms with Crippen molar-refractivity contribution in [3.63, 3.8) is 0 Å². The molecule has 1 aromatic heterocycles. The number of rotatable bonds is 2. The third-order valence-electron chi connectivity index (χ3n) is 2.25. The smallest absolute Gasteiger partial charge is 0.325 e. The predicted octanol–water partition coefficient (Wildman–Crippen LogP) is 1.32. The van der Waals surface area contributed by atoms with Crippen LogP contribution in [0.2, 0.25) is 0 Å². The van der Waals surface area contributed by atoms with E-state index in [9.17, 15) is 4.79 Å². The minimum absolute atomic E-state index is 0.586. The largest absolute Gasteiger partial charge is 0.480 e. The van der Waals surface area contributed by atoms with Crippen molar-refractivity contribution < 1.29 is 9.90 Å². The maximum atomic E-state index is 10.7. The molecule has 1 heterocycles. The molecule has 1 unspecified atom stereocenters. The van der Waals surface area contributed by atoms with Gasteiger partial charge in [0.05, 0.1) is 5.52 Å². The van der Waals surface area contributed by atoms with E-state index in [0.29, 0.717) is 5.56 Å². The molecule has 4 heteroatoms. The Bertz CT molecular complexity index is 511. The summed E-state index contributed by atoms with van der Waals surface area (Å²) >= 11 is 0. The molecule has 0 saturated heterocycles. The van der Waals surface area contributed by atoms with Crippen LogP contribution in [0.25, 0.3) is 10.9 Å². The number of carboxylic acid groups (broad SMARTS) is 1. The Hall–Kier alpha value is -1.94. The third-order valence-corrected chi connectivity index (χ3v) is 2.25. The third kappa shape index (κ3) is 1.80. The molecule has 0 fully saturated rings. The van der Waals surface area contributed by atoms with Crippen LogP contribution in [0, 0.1) is 0 Å². The van der Waals surface area contributed by atoms with Gasteiger partial charge in [-0.15, -0.1) is 0 Å². The maximum absolute atomic E-state index is 10.7. The fraction of sp³-hybridized carbons (Fsp3) is 0.0909. The second-order valence-corrected chi connectivity index (χ2v) is 3.27. The van der Waals surface area contributed by atoms with Crippen molar-refractivity contribution in [2.24, 2.45) is 5.73 Å². The van der Waals surface area contributed by atoms with Crippen LogP contribution in [0.15, 0.2) is 36.5 Å². The molecule has 1 atom stereocenters. The Kier molecular flexibility index (Phi) is 2.35. The molecule has 0 aliphatic heterocycles. The van der Waals surface area contributed by atoms with Crippen molar-refractivity contribution >= 4 is 16.9 Å². The van der Waals surface area contributed by atoms with Crippen LogP contribution in [0.5, 0.6) is 0 Å². The molecule has 4 nitrogen and oxygen atoms in total. The van der Waals surface area contributed by atoms with E-state index in [1.165, 1.54) is 0 Å². The lowest BCUT2D eigenvalue weighted by atomic mass is 10.1. The molecule has 0 spiro atoms. The summed E-state index contributed by atoms with van der Waals surface area (Å²) in [5, 5.41) is 9.66. The zero-order valence-corrected chi connectivity index (χ0v) is 7.92. The van der Waals surface area contributed by atoms with Gasteiger partial charge in [-0.2, -0.15) is 0 Å². The summed E-state index contributed by atoms with van der Waals surface area (Å²) in [5.74, 6) is -1.03. The fourth-order valence-corrected chi connectivity index (χ4v) is 1.43. The van der Waals surface area contributed by atoms with Gasteiger partial charge in [0.15, 0.2) is 0 Å². The molecule has 0 radical (unpaired) electrons. The normalized spacial score (nSPS) is 12.6. The molecule has 3 N–H and O–H groups in total. The first-order valence-corrected chi connectivity index (χ1v) is 4.51. The van der Waals surface area contributed by atoms with Crippen LogP contribution < -0.4 is 5.73 Å². The highest BCUT2D eigenvalue weighted by atomic mass is 16.4. The number of benzene rings is 1.